The van der Waals surface area contributed by atoms with Crippen molar-refractivity contribution in [1.82, 2.24) is 19.7 Å². The molecule has 0 unspecified atom stereocenters. The number of ether oxygens (including phenoxy) is 1. The van der Waals surface area contributed by atoms with E-state index in [1.54, 1.807) is 18.2 Å². The molecule has 4 aromatic rings. The summed E-state index contributed by atoms with van der Waals surface area (Å²) >= 11 is 0. The molecule has 0 bridgehead atoms. The maximum absolute atomic E-state index is 12.3. The van der Waals surface area contributed by atoms with Gasteiger partial charge in [0.2, 0.25) is 5.82 Å². The quantitative estimate of drug-likeness (QED) is 0.493. The van der Waals surface area contributed by atoms with Gasteiger partial charge in [-0.05, 0) is 48.7 Å². The minimum absolute atomic E-state index is 0.148. The molecule has 2 heterocycles. The zero-order valence-electron chi connectivity index (χ0n) is 17.0. The van der Waals surface area contributed by atoms with Crippen LogP contribution >= 0.6 is 0 Å². The summed E-state index contributed by atoms with van der Waals surface area (Å²) in [5, 5.41) is 4.01. The number of aromatic amines is 1. The molecule has 0 aliphatic heterocycles. The summed E-state index contributed by atoms with van der Waals surface area (Å²) in [7, 11) is 0. The number of fused-ring (bicyclic) bond motifs is 1. The average molecular weight is 406 g/mol. The van der Waals surface area contributed by atoms with Crippen LogP contribution in [-0.4, -0.2) is 19.7 Å². The Balaban J connectivity index is 1.62. The van der Waals surface area contributed by atoms with Gasteiger partial charge in [0.05, 0.1) is 11.0 Å². The van der Waals surface area contributed by atoms with E-state index in [-0.39, 0.29) is 12.5 Å². The Bertz CT molecular complexity index is 1320. The summed E-state index contributed by atoms with van der Waals surface area (Å²) in [5.41, 5.74) is 1.75. The standard InChI is InChI=1S/C22H22N4O4/c1-13(2)11-26-18-8-7-15(10-17(18)23-21(27)22(26)28)20-24-19(30-25-20)12-29-16-6-4-5-14(3)9-16/h4-10,13H,11-12H2,1-3H3,(H,23,27). The van der Waals surface area contributed by atoms with Crippen LogP contribution in [0, 0.1) is 12.8 Å². The van der Waals surface area contributed by atoms with Gasteiger partial charge in [0.1, 0.15) is 5.75 Å². The second-order valence-electron chi connectivity index (χ2n) is 7.61. The van der Waals surface area contributed by atoms with E-state index in [1.807, 2.05) is 45.0 Å². The van der Waals surface area contributed by atoms with Crippen molar-refractivity contribution in [1.29, 1.82) is 0 Å². The maximum Gasteiger partial charge on any atom is 0.316 e. The zero-order valence-corrected chi connectivity index (χ0v) is 17.0. The first-order valence-electron chi connectivity index (χ1n) is 9.70. The third-order valence-electron chi connectivity index (χ3n) is 4.60. The summed E-state index contributed by atoms with van der Waals surface area (Å²) in [5.74, 6) is 1.66. The van der Waals surface area contributed by atoms with Gasteiger partial charge in [-0.15, -0.1) is 0 Å². The van der Waals surface area contributed by atoms with Crippen LogP contribution in [0.15, 0.2) is 56.6 Å². The van der Waals surface area contributed by atoms with Gasteiger partial charge in [-0.25, -0.2) is 0 Å². The highest BCUT2D eigenvalue weighted by atomic mass is 16.5. The Hall–Kier alpha value is -3.68. The number of hydrogen-bond donors (Lipinski definition) is 1. The fourth-order valence-corrected chi connectivity index (χ4v) is 3.25. The average Bonchev–Trinajstić information content (AvgIpc) is 3.18. The third kappa shape index (κ3) is 4.03. The molecule has 0 saturated heterocycles. The lowest BCUT2D eigenvalue weighted by Crippen LogP contribution is -2.37. The Labute approximate surface area is 172 Å². The highest BCUT2D eigenvalue weighted by Crippen LogP contribution is 2.21. The van der Waals surface area contributed by atoms with Gasteiger partial charge in [-0.3, -0.25) is 9.59 Å². The van der Waals surface area contributed by atoms with E-state index in [0.29, 0.717) is 34.9 Å². The predicted octanol–water partition coefficient (Wildman–Crippen LogP) is 3.28. The van der Waals surface area contributed by atoms with Crippen LogP contribution in [0.25, 0.3) is 22.4 Å². The molecule has 0 atom stereocenters. The number of aryl methyl sites for hydroxylation is 1. The smallest absolute Gasteiger partial charge is 0.316 e. The minimum Gasteiger partial charge on any atom is -0.484 e. The van der Waals surface area contributed by atoms with E-state index < -0.39 is 11.1 Å². The van der Waals surface area contributed by atoms with Gasteiger partial charge in [0.15, 0.2) is 6.61 Å². The monoisotopic (exact) mass is 406 g/mol. The van der Waals surface area contributed by atoms with Gasteiger partial charge < -0.3 is 18.8 Å². The molecule has 1 N–H and O–H groups in total. The lowest BCUT2D eigenvalue weighted by Gasteiger charge is -2.12. The van der Waals surface area contributed by atoms with Crippen molar-refractivity contribution < 1.29 is 9.26 Å². The Morgan fingerprint density at radius 3 is 2.77 bits per heavy atom. The molecular weight excluding hydrogens is 384 g/mol. The molecule has 0 fully saturated rings. The normalized spacial score (nSPS) is 11.3. The predicted molar refractivity (Wildman–Crippen MR) is 112 cm³/mol. The number of aromatic nitrogens is 4. The fourth-order valence-electron chi connectivity index (χ4n) is 3.25. The van der Waals surface area contributed by atoms with Crippen LogP contribution in [0.1, 0.15) is 25.3 Å². The van der Waals surface area contributed by atoms with Crippen molar-refractivity contribution in [2.45, 2.75) is 33.9 Å². The lowest BCUT2D eigenvalue weighted by atomic mass is 10.1. The molecule has 0 saturated carbocycles. The number of H-pyrrole nitrogens is 1. The van der Waals surface area contributed by atoms with Crippen molar-refractivity contribution in [2.75, 3.05) is 0 Å². The first-order chi connectivity index (χ1) is 14.4. The van der Waals surface area contributed by atoms with Gasteiger partial charge in [0, 0.05) is 12.1 Å². The minimum atomic E-state index is -0.652. The van der Waals surface area contributed by atoms with E-state index in [9.17, 15) is 9.59 Å². The fraction of sp³-hybridized carbons (Fsp3) is 0.273. The molecule has 8 nitrogen and oxygen atoms in total. The lowest BCUT2D eigenvalue weighted by molar-refractivity contribution is 0.243. The Morgan fingerprint density at radius 2 is 2.00 bits per heavy atom. The SMILES string of the molecule is Cc1cccc(OCc2nc(-c3ccc4c(c3)[nH]c(=O)c(=O)n4CC(C)C)no2)c1. The highest BCUT2D eigenvalue weighted by molar-refractivity contribution is 5.80. The summed E-state index contributed by atoms with van der Waals surface area (Å²) in [4.78, 5) is 31.3. The van der Waals surface area contributed by atoms with E-state index in [2.05, 4.69) is 15.1 Å². The van der Waals surface area contributed by atoms with Crippen LogP contribution in [0.3, 0.4) is 0 Å². The Morgan fingerprint density at radius 1 is 1.17 bits per heavy atom. The number of nitrogens with one attached hydrogen (secondary N) is 1. The number of nitrogens with zero attached hydrogens (tertiary/aromatic N) is 3. The molecule has 0 aliphatic rings. The van der Waals surface area contributed by atoms with Gasteiger partial charge in [0.25, 0.3) is 5.89 Å². The molecular formula is C22H22N4O4. The van der Waals surface area contributed by atoms with Crippen LogP contribution < -0.4 is 15.9 Å². The van der Waals surface area contributed by atoms with Gasteiger partial charge >= 0.3 is 11.1 Å². The second-order valence-corrected chi connectivity index (χ2v) is 7.61. The van der Waals surface area contributed by atoms with E-state index >= 15 is 0 Å². The van der Waals surface area contributed by atoms with E-state index in [0.717, 1.165) is 11.3 Å². The molecule has 154 valence electrons. The summed E-state index contributed by atoms with van der Waals surface area (Å²) in [6.45, 7) is 6.58. The van der Waals surface area contributed by atoms with Gasteiger partial charge in [-0.1, -0.05) is 31.1 Å². The molecule has 0 amide bonds. The molecule has 0 spiro atoms. The number of hydrogen-bond acceptors (Lipinski definition) is 6. The zero-order chi connectivity index (χ0) is 21.3. The summed E-state index contributed by atoms with van der Waals surface area (Å²) in [6.07, 6.45) is 0. The summed E-state index contributed by atoms with van der Waals surface area (Å²) in [6, 6.07) is 13.0. The van der Waals surface area contributed by atoms with Crippen LogP contribution in [0.5, 0.6) is 5.75 Å². The van der Waals surface area contributed by atoms with Crippen molar-refractivity contribution >= 4 is 11.0 Å². The molecule has 2 aromatic carbocycles. The number of rotatable bonds is 6. The topological polar surface area (TPSA) is 103 Å². The van der Waals surface area contributed by atoms with E-state index in [1.165, 1.54) is 4.57 Å². The first-order valence-corrected chi connectivity index (χ1v) is 9.70. The molecule has 0 aliphatic carbocycles. The van der Waals surface area contributed by atoms with Crippen molar-refractivity contribution in [3.63, 3.8) is 0 Å². The van der Waals surface area contributed by atoms with Crippen LogP contribution in [-0.2, 0) is 13.2 Å². The van der Waals surface area contributed by atoms with Crippen molar-refractivity contribution in [2.24, 2.45) is 5.92 Å². The number of benzene rings is 2. The maximum atomic E-state index is 12.3. The highest BCUT2D eigenvalue weighted by Gasteiger charge is 2.13. The second kappa shape index (κ2) is 7.98. The van der Waals surface area contributed by atoms with Crippen LogP contribution in [0.4, 0.5) is 0 Å². The van der Waals surface area contributed by atoms with Crippen molar-refractivity contribution in [3.8, 4) is 17.1 Å². The first kappa shape index (κ1) is 19.6. The van der Waals surface area contributed by atoms with Gasteiger partial charge in [-0.2, -0.15) is 4.98 Å². The van der Waals surface area contributed by atoms with E-state index in [4.69, 9.17) is 9.26 Å². The molecule has 4 rings (SSSR count). The van der Waals surface area contributed by atoms with Crippen LogP contribution in [0.2, 0.25) is 0 Å². The summed E-state index contributed by atoms with van der Waals surface area (Å²) < 4.78 is 12.5. The third-order valence-corrected chi connectivity index (χ3v) is 4.60. The van der Waals surface area contributed by atoms with Crippen molar-refractivity contribution in [3.05, 3.63) is 74.6 Å². The molecule has 8 heteroatoms. The molecule has 2 aromatic heterocycles. The molecule has 30 heavy (non-hydrogen) atoms. The molecule has 0 radical (unpaired) electrons. The largest absolute Gasteiger partial charge is 0.484 e. The Kier molecular flexibility index (Phi) is 5.22.